The second kappa shape index (κ2) is 9.38. The first-order valence-electron chi connectivity index (χ1n) is 10.9. The lowest BCUT2D eigenvalue weighted by Crippen LogP contribution is -2.43. The first-order chi connectivity index (χ1) is 15.4. The van der Waals surface area contributed by atoms with Crippen molar-refractivity contribution in [3.8, 4) is 5.75 Å². The summed E-state index contributed by atoms with van der Waals surface area (Å²) in [5.41, 5.74) is 2.71. The Bertz CT molecular complexity index is 1120. The van der Waals surface area contributed by atoms with Crippen molar-refractivity contribution in [3.05, 3.63) is 47.5 Å². The molecule has 32 heavy (non-hydrogen) atoms. The zero-order valence-electron chi connectivity index (χ0n) is 18.7. The zero-order valence-corrected chi connectivity index (χ0v) is 18.7. The van der Waals surface area contributed by atoms with Crippen LogP contribution in [-0.2, 0) is 16.0 Å². The second-order valence-electron chi connectivity index (χ2n) is 8.22. The molecule has 1 aliphatic rings. The summed E-state index contributed by atoms with van der Waals surface area (Å²) in [5, 5.41) is 4.00. The first-order valence-corrected chi connectivity index (χ1v) is 10.9. The number of carbonyl (C=O) groups is 2. The summed E-state index contributed by atoms with van der Waals surface area (Å²) in [5.74, 6) is 1.84. The van der Waals surface area contributed by atoms with Crippen molar-refractivity contribution in [3.63, 3.8) is 0 Å². The fourth-order valence-corrected chi connectivity index (χ4v) is 4.15. The van der Waals surface area contributed by atoms with E-state index in [1.54, 1.807) is 12.1 Å². The number of aryl methyl sites for hydroxylation is 2. The highest BCUT2D eigenvalue weighted by molar-refractivity contribution is 5.90. The number of rotatable bonds is 6. The number of nitrogens with one attached hydrogen (secondary N) is 1. The molecular weight excluding hydrogens is 408 g/mol. The highest BCUT2D eigenvalue weighted by Crippen LogP contribution is 2.32. The van der Waals surface area contributed by atoms with E-state index >= 15 is 0 Å². The number of hydrogen-bond acceptors (Lipinski definition) is 7. The Kier molecular flexibility index (Phi) is 6.39. The number of fused-ring (bicyclic) bond motifs is 1. The van der Waals surface area contributed by atoms with Crippen LogP contribution in [0.3, 0.4) is 0 Å². The summed E-state index contributed by atoms with van der Waals surface area (Å²) in [6.07, 6.45) is 4.02. The van der Waals surface area contributed by atoms with Crippen molar-refractivity contribution in [1.82, 2.24) is 15.3 Å². The molecule has 0 saturated carbocycles. The summed E-state index contributed by atoms with van der Waals surface area (Å²) in [4.78, 5) is 34.8. The SMILES string of the molecule is CC(=O)Oc1ccc(CCNC(=O)C2CCCN(c3ncnc4oc(C)c(C)c34)C2)cc1. The molecule has 1 aliphatic heterocycles. The molecule has 168 valence electrons. The monoisotopic (exact) mass is 436 g/mol. The lowest BCUT2D eigenvalue weighted by molar-refractivity contribution is -0.132. The van der Waals surface area contributed by atoms with Crippen LogP contribution in [0.5, 0.6) is 5.75 Å². The van der Waals surface area contributed by atoms with Gasteiger partial charge in [-0.3, -0.25) is 9.59 Å². The number of ether oxygens (including phenoxy) is 1. The minimum atomic E-state index is -0.340. The van der Waals surface area contributed by atoms with E-state index in [2.05, 4.69) is 20.2 Å². The van der Waals surface area contributed by atoms with E-state index in [1.165, 1.54) is 13.3 Å². The summed E-state index contributed by atoms with van der Waals surface area (Å²) < 4.78 is 10.8. The number of aromatic nitrogens is 2. The molecule has 0 bridgehead atoms. The molecule has 1 aromatic carbocycles. The van der Waals surface area contributed by atoms with E-state index in [0.29, 0.717) is 31.0 Å². The smallest absolute Gasteiger partial charge is 0.308 e. The Labute approximate surface area is 187 Å². The van der Waals surface area contributed by atoms with Gasteiger partial charge in [0.05, 0.1) is 11.3 Å². The number of benzene rings is 1. The number of carbonyl (C=O) groups excluding carboxylic acids is 2. The van der Waals surface area contributed by atoms with Crippen LogP contribution in [0.15, 0.2) is 35.0 Å². The lowest BCUT2D eigenvalue weighted by Gasteiger charge is -2.33. The molecule has 0 radical (unpaired) electrons. The van der Waals surface area contributed by atoms with Crippen molar-refractivity contribution in [2.24, 2.45) is 5.92 Å². The van der Waals surface area contributed by atoms with Gasteiger partial charge in [0.1, 0.15) is 23.7 Å². The van der Waals surface area contributed by atoms with Crippen molar-refractivity contribution >= 4 is 28.8 Å². The van der Waals surface area contributed by atoms with E-state index in [1.807, 2.05) is 26.0 Å². The van der Waals surface area contributed by atoms with Gasteiger partial charge in [0.2, 0.25) is 11.6 Å². The average Bonchev–Trinajstić information content (AvgIpc) is 3.08. The molecule has 1 N–H and O–H groups in total. The van der Waals surface area contributed by atoms with Gasteiger partial charge in [-0.05, 0) is 50.8 Å². The summed E-state index contributed by atoms with van der Waals surface area (Å²) in [7, 11) is 0. The minimum Gasteiger partial charge on any atom is -0.443 e. The fraction of sp³-hybridized carbons (Fsp3) is 0.417. The van der Waals surface area contributed by atoms with Gasteiger partial charge in [-0.2, -0.15) is 0 Å². The van der Waals surface area contributed by atoms with E-state index in [4.69, 9.17) is 9.15 Å². The van der Waals surface area contributed by atoms with Crippen molar-refractivity contribution in [2.45, 2.75) is 40.0 Å². The third-order valence-corrected chi connectivity index (χ3v) is 5.93. The molecule has 1 unspecified atom stereocenters. The average molecular weight is 437 g/mol. The lowest BCUT2D eigenvalue weighted by atomic mass is 9.96. The van der Waals surface area contributed by atoms with Gasteiger partial charge in [-0.25, -0.2) is 9.97 Å². The van der Waals surface area contributed by atoms with Gasteiger partial charge in [0.15, 0.2) is 0 Å². The molecule has 8 nitrogen and oxygen atoms in total. The molecule has 1 amide bonds. The van der Waals surface area contributed by atoms with Crippen molar-refractivity contribution < 1.29 is 18.7 Å². The van der Waals surface area contributed by atoms with E-state index in [9.17, 15) is 9.59 Å². The Morgan fingerprint density at radius 2 is 2.00 bits per heavy atom. The Morgan fingerprint density at radius 1 is 1.22 bits per heavy atom. The molecule has 1 atom stereocenters. The molecule has 4 rings (SSSR count). The third kappa shape index (κ3) is 4.74. The normalized spacial score (nSPS) is 16.2. The second-order valence-corrected chi connectivity index (χ2v) is 8.22. The van der Waals surface area contributed by atoms with Gasteiger partial charge in [0.25, 0.3) is 0 Å². The third-order valence-electron chi connectivity index (χ3n) is 5.93. The molecule has 8 heteroatoms. The van der Waals surface area contributed by atoms with E-state index in [-0.39, 0.29) is 17.8 Å². The first kappa shape index (κ1) is 21.8. The van der Waals surface area contributed by atoms with Gasteiger partial charge in [0, 0.05) is 32.1 Å². The highest BCUT2D eigenvalue weighted by atomic mass is 16.5. The quantitative estimate of drug-likeness (QED) is 0.467. The standard InChI is InChI=1S/C24H28N4O4/c1-15-16(2)31-24-21(15)22(26-14-27-24)28-12-4-5-19(13-28)23(30)25-11-10-18-6-8-20(9-7-18)32-17(3)29/h6-9,14,19H,4-5,10-13H2,1-3H3,(H,25,30). The molecule has 1 fully saturated rings. The van der Waals surface area contributed by atoms with Crippen LogP contribution in [0.25, 0.3) is 11.1 Å². The molecule has 3 aromatic rings. The fourth-order valence-electron chi connectivity index (χ4n) is 4.15. The van der Waals surface area contributed by atoms with Gasteiger partial charge in [-0.15, -0.1) is 0 Å². The number of esters is 1. The predicted octanol–water partition coefficient (Wildman–Crippen LogP) is 3.34. The van der Waals surface area contributed by atoms with E-state index < -0.39 is 0 Å². The maximum absolute atomic E-state index is 12.8. The molecule has 1 saturated heterocycles. The molecule has 2 aromatic heterocycles. The number of amides is 1. The number of nitrogens with zero attached hydrogens (tertiary/aromatic N) is 3. The van der Waals surface area contributed by atoms with Crippen LogP contribution >= 0.6 is 0 Å². The van der Waals surface area contributed by atoms with Crippen LogP contribution < -0.4 is 15.0 Å². The molecule has 0 spiro atoms. The van der Waals surface area contributed by atoms with Crippen LogP contribution in [0.1, 0.15) is 36.7 Å². The summed E-state index contributed by atoms with van der Waals surface area (Å²) >= 11 is 0. The maximum atomic E-state index is 12.8. The van der Waals surface area contributed by atoms with Crippen LogP contribution in [-0.4, -0.2) is 41.5 Å². The molecular formula is C24H28N4O4. The number of anilines is 1. The molecule has 0 aliphatic carbocycles. The summed E-state index contributed by atoms with van der Waals surface area (Å²) in [6, 6.07) is 7.34. The Morgan fingerprint density at radius 3 is 2.75 bits per heavy atom. The number of piperidine rings is 1. The Hall–Kier alpha value is -3.42. The highest BCUT2D eigenvalue weighted by Gasteiger charge is 2.28. The number of furan rings is 1. The van der Waals surface area contributed by atoms with Gasteiger partial charge >= 0.3 is 5.97 Å². The van der Waals surface area contributed by atoms with Crippen LogP contribution in [0.4, 0.5) is 5.82 Å². The largest absolute Gasteiger partial charge is 0.443 e. The van der Waals surface area contributed by atoms with Crippen LogP contribution in [0.2, 0.25) is 0 Å². The van der Waals surface area contributed by atoms with Gasteiger partial charge < -0.3 is 19.4 Å². The van der Waals surface area contributed by atoms with E-state index in [0.717, 1.165) is 47.5 Å². The maximum Gasteiger partial charge on any atom is 0.308 e. The predicted molar refractivity (Wildman–Crippen MR) is 121 cm³/mol. The molecule has 3 heterocycles. The van der Waals surface area contributed by atoms with Crippen molar-refractivity contribution in [2.75, 3.05) is 24.5 Å². The van der Waals surface area contributed by atoms with Gasteiger partial charge in [-0.1, -0.05) is 12.1 Å². The Balaban J connectivity index is 1.35. The summed E-state index contributed by atoms with van der Waals surface area (Å²) in [6.45, 7) is 7.35. The zero-order chi connectivity index (χ0) is 22.7. The van der Waals surface area contributed by atoms with Crippen LogP contribution in [0, 0.1) is 19.8 Å². The minimum absolute atomic E-state index is 0.0663. The van der Waals surface area contributed by atoms with Crippen molar-refractivity contribution in [1.29, 1.82) is 0 Å². The number of hydrogen-bond donors (Lipinski definition) is 1. The topological polar surface area (TPSA) is 97.6 Å².